The first-order valence-electron chi connectivity index (χ1n) is 3.93. The van der Waals surface area contributed by atoms with E-state index in [2.05, 4.69) is 5.10 Å². The van der Waals surface area contributed by atoms with Crippen molar-refractivity contribution in [3.8, 4) is 0 Å². The Bertz CT molecular complexity index is 234. The van der Waals surface area contributed by atoms with Crippen molar-refractivity contribution in [2.24, 2.45) is 5.10 Å². The molecule has 0 bridgehead atoms. The van der Waals surface area contributed by atoms with E-state index >= 15 is 0 Å². The lowest BCUT2D eigenvalue weighted by atomic mass is 10.1. The van der Waals surface area contributed by atoms with Crippen molar-refractivity contribution in [1.82, 2.24) is 5.43 Å². The first kappa shape index (κ1) is 10.0. The third-order valence-corrected chi connectivity index (χ3v) is 1.71. The third kappa shape index (κ3) is 3.04. The Morgan fingerprint density at radius 2 is 1.85 bits per heavy atom. The monoisotopic (exact) mass is 194 g/mol. The highest BCUT2D eigenvalue weighted by Gasteiger charge is 2.35. The third-order valence-electron chi connectivity index (χ3n) is 1.71. The Morgan fingerprint density at radius 3 is 2.46 bits per heavy atom. The molecule has 0 fully saturated rings. The van der Waals surface area contributed by atoms with Gasteiger partial charge in [-0.3, -0.25) is 4.79 Å². The Hall–Kier alpha value is -1.07. The summed E-state index contributed by atoms with van der Waals surface area (Å²) in [5.41, 5.74) is 0.968. The van der Waals surface area contributed by atoms with Crippen LogP contribution in [-0.2, 0) is 4.79 Å². The number of halogens is 3. The van der Waals surface area contributed by atoms with Gasteiger partial charge in [0.25, 0.3) is 0 Å². The van der Waals surface area contributed by atoms with Crippen molar-refractivity contribution in [3.05, 3.63) is 0 Å². The number of hydrogen-bond donors (Lipinski definition) is 1. The number of alkyl halides is 3. The first-order valence-corrected chi connectivity index (χ1v) is 3.93. The zero-order valence-electron chi connectivity index (χ0n) is 6.82. The maximum Gasteiger partial charge on any atom is 0.431 e. The second-order valence-corrected chi connectivity index (χ2v) is 2.80. The molecule has 6 heteroatoms. The van der Waals surface area contributed by atoms with Crippen molar-refractivity contribution in [2.45, 2.75) is 31.9 Å². The molecule has 0 aromatic rings. The van der Waals surface area contributed by atoms with Gasteiger partial charge in [-0.2, -0.15) is 18.3 Å². The fourth-order valence-electron chi connectivity index (χ4n) is 1.02. The summed E-state index contributed by atoms with van der Waals surface area (Å²) in [6.45, 7) is 0. The van der Waals surface area contributed by atoms with Gasteiger partial charge in [0.05, 0.1) is 0 Å². The van der Waals surface area contributed by atoms with E-state index in [0.717, 1.165) is 0 Å². The molecule has 0 atom stereocenters. The zero-order valence-corrected chi connectivity index (χ0v) is 6.82. The molecule has 0 unspecified atom stereocenters. The van der Waals surface area contributed by atoms with Crippen LogP contribution >= 0.6 is 0 Å². The molecular weight excluding hydrogens is 185 g/mol. The van der Waals surface area contributed by atoms with E-state index in [1.165, 1.54) is 0 Å². The molecule has 0 aliphatic carbocycles. The molecule has 1 aliphatic heterocycles. The maximum absolute atomic E-state index is 12.1. The van der Waals surface area contributed by atoms with E-state index in [-0.39, 0.29) is 12.8 Å². The average Bonchev–Trinajstić information content (AvgIpc) is 1.94. The molecule has 0 aromatic carbocycles. The van der Waals surface area contributed by atoms with Gasteiger partial charge in [-0.25, -0.2) is 5.43 Å². The lowest BCUT2D eigenvalue weighted by Gasteiger charge is -2.12. The van der Waals surface area contributed by atoms with E-state index in [1.807, 2.05) is 5.43 Å². The largest absolute Gasteiger partial charge is 0.431 e. The number of carbonyl (C=O) groups is 1. The highest BCUT2D eigenvalue weighted by molar-refractivity contribution is 5.91. The van der Waals surface area contributed by atoms with Crippen molar-refractivity contribution >= 4 is 11.6 Å². The fraction of sp³-hybridized carbons (Fsp3) is 0.714. The number of amides is 1. The van der Waals surface area contributed by atoms with Crippen LogP contribution in [0.15, 0.2) is 5.10 Å². The van der Waals surface area contributed by atoms with Crippen molar-refractivity contribution in [3.63, 3.8) is 0 Å². The Labute approximate surface area is 73.0 Å². The van der Waals surface area contributed by atoms with Crippen molar-refractivity contribution < 1.29 is 18.0 Å². The van der Waals surface area contributed by atoms with E-state index in [9.17, 15) is 18.0 Å². The number of carbonyl (C=O) groups excluding carboxylic acids is 1. The molecule has 0 radical (unpaired) electrons. The highest BCUT2D eigenvalue weighted by Crippen LogP contribution is 2.21. The summed E-state index contributed by atoms with van der Waals surface area (Å²) in [5, 5.41) is 3.03. The number of hydrazone groups is 1. The van der Waals surface area contributed by atoms with Crippen LogP contribution in [0.25, 0.3) is 0 Å². The van der Waals surface area contributed by atoms with Crippen LogP contribution in [0, 0.1) is 0 Å². The molecule has 1 heterocycles. The summed E-state index contributed by atoms with van der Waals surface area (Å²) in [6, 6.07) is 0. The molecule has 1 aliphatic rings. The van der Waals surface area contributed by atoms with Crippen molar-refractivity contribution in [2.75, 3.05) is 0 Å². The molecule has 3 nitrogen and oxygen atoms in total. The minimum atomic E-state index is -4.43. The molecule has 13 heavy (non-hydrogen) atoms. The van der Waals surface area contributed by atoms with Crippen LogP contribution < -0.4 is 5.43 Å². The van der Waals surface area contributed by atoms with Gasteiger partial charge in [0, 0.05) is 6.42 Å². The average molecular weight is 194 g/mol. The van der Waals surface area contributed by atoms with Gasteiger partial charge in [0.1, 0.15) is 5.71 Å². The summed E-state index contributed by atoms with van der Waals surface area (Å²) in [7, 11) is 0. The summed E-state index contributed by atoms with van der Waals surface area (Å²) in [4.78, 5) is 10.7. The van der Waals surface area contributed by atoms with Gasteiger partial charge < -0.3 is 0 Å². The van der Waals surface area contributed by atoms with E-state index in [0.29, 0.717) is 12.8 Å². The lowest BCUT2D eigenvalue weighted by Crippen LogP contribution is -2.29. The number of hydrogen-bond acceptors (Lipinski definition) is 2. The SMILES string of the molecule is O=C1CCCC/C(C(F)(F)F)=N/N1. The van der Waals surface area contributed by atoms with Crippen LogP contribution in [0.4, 0.5) is 13.2 Å². The van der Waals surface area contributed by atoms with Crippen LogP contribution in [0.3, 0.4) is 0 Å². The Morgan fingerprint density at radius 1 is 1.23 bits per heavy atom. The molecule has 1 rings (SSSR count). The fourth-order valence-corrected chi connectivity index (χ4v) is 1.02. The minimum Gasteiger partial charge on any atom is -0.273 e. The van der Waals surface area contributed by atoms with E-state index in [4.69, 9.17) is 0 Å². The normalized spacial score (nSPS) is 23.9. The van der Waals surface area contributed by atoms with Gasteiger partial charge in [0.2, 0.25) is 5.91 Å². The van der Waals surface area contributed by atoms with Gasteiger partial charge in [-0.1, -0.05) is 0 Å². The molecular formula is C7H9F3N2O. The molecule has 0 saturated heterocycles. The standard InChI is InChI=1S/C7H9F3N2O/c8-7(9,10)5-3-1-2-4-6(13)12-11-5/h1-4H2,(H,12,13)/b11-5-. The van der Waals surface area contributed by atoms with Crippen LogP contribution in [0.2, 0.25) is 0 Å². The van der Waals surface area contributed by atoms with Gasteiger partial charge >= 0.3 is 6.18 Å². The quantitative estimate of drug-likeness (QED) is 0.625. The Kier molecular flexibility index (Phi) is 2.90. The predicted molar refractivity (Wildman–Crippen MR) is 40.1 cm³/mol. The van der Waals surface area contributed by atoms with E-state index < -0.39 is 17.8 Å². The zero-order chi connectivity index (χ0) is 9.90. The molecule has 74 valence electrons. The second-order valence-electron chi connectivity index (χ2n) is 2.80. The smallest absolute Gasteiger partial charge is 0.273 e. The highest BCUT2D eigenvalue weighted by atomic mass is 19.4. The number of nitrogens with one attached hydrogen (secondary N) is 1. The summed E-state index contributed by atoms with van der Waals surface area (Å²) in [6.07, 6.45) is -3.48. The summed E-state index contributed by atoms with van der Waals surface area (Å²) >= 11 is 0. The topological polar surface area (TPSA) is 41.5 Å². The van der Waals surface area contributed by atoms with Gasteiger partial charge in [0.15, 0.2) is 0 Å². The predicted octanol–water partition coefficient (Wildman–Crippen LogP) is 1.59. The van der Waals surface area contributed by atoms with Gasteiger partial charge in [-0.05, 0) is 19.3 Å². The molecule has 1 amide bonds. The van der Waals surface area contributed by atoms with Crippen LogP contribution in [-0.4, -0.2) is 17.8 Å². The molecule has 0 saturated carbocycles. The number of nitrogens with zero attached hydrogens (tertiary/aromatic N) is 1. The first-order chi connectivity index (χ1) is 6.00. The molecule has 1 N–H and O–H groups in total. The molecule has 0 spiro atoms. The van der Waals surface area contributed by atoms with Crippen molar-refractivity contribution in [1.29, 1.82) is 0 Å². The van der Waals surface area contributed by atoms with Crippen LogP contribution in [0.5, 0.6) is 0 Å². The Balaban J connectivity index is 2.71. The number of rotatable bonds is 0. The second kappa shape index (κ2) is 3.76. The summed E-state index contributed by atoms with van der Waals surface area (Å²) in [5.74, 6) is -0.457. The van der Waals surface area contributed by atoms with Crippen LogP contribution in [0.1, 0.15) is 25.7 Å². The molecule has 0 aromatic heterocycles. The summed E-state index contributed by atoms with van der Waals surface area (Å²) < 4.78 is 36.3. The lowest BCUT2D eigenvalue weighted by molar-refractivity contribution is -0.121. The minimum absolute atomic E-state index is 0.121. The van der Waals surface area contributed by atoms with E-state index in [1.54, 1.807) is 0 Å². The van der Waals surface area contributed by atoms with Gasteiger partial charge in [-0.15, -0.1) is 0 Å². The maximum atomic E-state index is 12.1.